The van der Waals surface area contributed by atoms with Crippen molar-refractivity contribution in [1.29, 1.82) is 0 Å². The molecule has 0 atom stereocenters. The van der Waals surface area contributed by atoms with E-state index in [1.165, 1.54) is 18.4 Å². The summed E-state index contributed by atoms with van der Waals surface area (Å²) in [5, 5.41) is 2.85. The van der Waals surface area contributed by atoms with Crippen molar-refractivity contribution in [2.24, 2.45) is 0 Å². The van der Waals surface area contributed by atoms with Gasteiger partial charge in [-0.1, -0.05) is 6.07 Å². The molecule has 0 spiro atoms. The lowest BCUT2D eigenvalue weighted by Crippen LogP contribution is -2.10. The molecule has 0 saturated heterocycles. The minimum absolute atomic E-state index is 0.216. The van der Waals surface area contributed by atoms with E-state index < -0.39 is 11.7 Å². The molecule has 0 amide bonds. The van der Waals surface area contributed by atoms with Gasteiger partial charge in [-0.3, -0.25) is 0 Å². The van der Waals surface area contributed by atoms with Crippen molar-refractivity contribution >= 4 is 11.8 Å². The Morgan fingerprint density at radius 1 is 1.25 bits per heavy atom. The molecule has 1 heterocycles. The minimum Gasteiger partial charge on any atom is -0.468 e. The standard InChI is InChI=1S/C14H14F3NOS/c1-18-8-10-4-5-13(12(7-10)14(15,16)17)20-9-11-3-2-6-19-11/h2-7,18H,8-9H2,1H3. The zero-order valence-electron chi connectivity index (χ0n) is 10.8. The van der Waals surface area contributed by atoms with E-state index in [4.69, 9.17) is 4.42 Å². The van der Waals surface area contributed by atoms with Crippen LogP contribution in [0.1, 0.15) is 16.9 Å². The quantitative estimate of drug-likeness (QED) is 0.833. The second kappa shape index (κ2) is 6.37. The van der Waals surface area contributed by atoms with E-state index in [0.717, 1.165) is 11.8 Å². The van der Waals surface area contributed by atoms with Gasteiger partial charge in [-0.05, 0) is 36.9 Å². The van der Waals surface area contributed by atoms with E-state index in [1.807, 2.05) is 0 Å². The van der Waals surface area contributed by atoms with Crippen molar-refractivity contribution in [2.45, 2.75) is 23.4 Å². The van der Waals surface area contributed by atoms with Crippen LogP contribution >= 0.6 is 11.8 Å². The molecule has 6 heteroatoms. The molecule has 1 N–H and O–H groups in total. The maximum absolute atomic E-state index is 13.1. The van der Waals surface area contributed by atoms with E-state index in [9.17, 15) is 13.2 Å². The normalized spacial score (nSPS) is 11.8. The molecule has 0 radical (unpaired) electrons. The van der Waals surface area contributed by atoms with E-state index in [2.05, 4.69) is 5.32 Å². The van der Waals surface area contributed by atoms with E-state index in [-0.39, 0.29) is 4.90 Å². The van der Waals surface area contributed by atoms with E-state index in [1.54, 1.807) is 25.2 Å². The fraction of sp³-hybridized carbons (Fsp3) is 0.286. The minimum atomic E-state index is -4.35. The number of hydrogen-bond acceptors (Lipinski definition) is 3. The lowest BCUT2D eigenvalue weighted by Gasteiger charge is -2.14. The first-order valence-corrected chi connectivity index (χ1v) is 6.99. The fourth-order valence-electron chi connectivity index (χ4n) is 1.78. The smallest absolute Gasteiger partial charge is 0.417 e. The van der Waals surface area contributed by atoms with Gasteiger partial charge in [-0.15, -0.1) is 11.8 Å². The highest BCUT2D eigenvalue weighted by Gasteiger charge is 2.33. The zero-order valence-corrected chi connectivity index (χ0v) is 11.6. The van der Waals surface area contributed by atoms with Crippen LogP contribution in [0.25, 0.3) is 0 Å². The molecule has 0 saturated carbocycles. The SMILES string of the molecule is CNCc1ccc(SCc2ccco2)c(C(F)(F)F)c1. The van der Waals surface area contributed by atoms with Crippen LogP contribution in [0.3, 0.4) is 0 Å². The van der Waals surface area contributed by atoms with Crippen LogP contribution in [0.5, 0.6) is 0 Å². The molecule has 0 aliphatic rings. The topological polar surface area (TPSA) is 25.2 Å². The summed E-state index contributed by atoms with van der Waals surface area (Å²) in [6, 6.07) is 7.88. The number of hydrogen-bond donors (Lipinski definition) is 1. The third kappa shape index (κ3) is 3.80. The molecule has 0 fully saturated rings. The van der Waals surface area contributed by atoms with E-state index >= 15 is 0 Å². The third-order valence-corrected chi connectivity index (χ3v) is 3.78. The third-order valence-electron chi connectivity index (χ3n) is 2.68. The Kier molecular flexibility index (Phi) is 4.77. The van der Waals surface area contributed by atoms with Gasteiger partial charge in [-0.2, -0.15) is 13.2 Å². The summed E-state index contributed by atoms with van der Waals surface area (Å²) in [7, 11) is 1.70. The van der Waals surface area contributed by atoms with Gasteiger partial charge in [0.05, 0.1) is 17.6 Å². The summed E-state index contributed by atoms with van der Waals surface area (Å²) < 4.78 is 44.4. The second-order valence-electron chi connectivity index (χ2n) is 4.23. The molecular formula is C14H14F3NOS. The summed E-state index contributed by atoms with van der Waals surface area (Å²) in [6.07, 6.45) is -2.84. The number of furan rings is 1. The van der Waals surface area contributed by atoms with Gasteiger partial charge in [0.15, 0.2) is 0 Å². The first kappa shape index (κ1) is 15.0. The highest BCUT2D eigenvalue weighted by atomic mass is 32.2. The van der Waals surface area contributed by atoms with Gasteiger partial charge >= 0.3 is 6.18 Å². The predicted molar refractivity (Wildman–Crippen MR) is 72.5 cm³/mol. The van der Waals surface area contributed by atoms with Crippen LogP contribution in [0, 0.1) is 0 Å². The molecule has 20 heavy (non-hydrogen) atoms. The van der Waals surface area contributed by atoms with Crippen molar-refractivity contribution < 1.29 is 17.6 Å². The summed E-state index contributed by atoms with van der Waals surface area (Å²) in [5.74, 6) is 1.03. The van der Waals surface area contributed by atoms with E-state index in [0.29, 0.717) is 23.6 Å². The van der Waals surface area contributed by atoms with Crippen LogP contribution < -0.4 is 5.32 Å². The maximum atomic E-state index is 13.1. The average molecular weight is 301 g/mol. The summed E-state index contributed by atoms with van der Waals surface area (Å²) >= 11 is 1.12. The molecule has 1 aromatic heterocycles. The molecule has 0 aliphatic heterocycles. The monoisotopic (exact) mass is 301 g/mol. The Labute approximate surface area is 119 Å². The van der Waals surface area contributed by atoms with Crippen LogP contribution in [0.2, 0.25) is 0 Å². The van der Waals surface area contributed by atoms with Crippen molar-refractivity contribution in [2.75, 3.05) is 7.05 Å². The first-order valence-electron chi connectivity index (χ1n) is 6.00. The van der Waals surface area contributed by atoms with Crippen molar-refractivity contribution in [3.8, 4) is 0 Å². The Morgan fingerprint density at radius 2 is 2.05 bits per heavy atom. The van der Waals surface area contributed by atoms with Crippen molar-refractivity contribution in [3.63, 3.8) is 0 Å². The summed E-state index contributed by atoms with van der Waals surface area (Å²) in [5.41, 5.74) is 0.0176. The number of thioether (sulfide) groups is 1. The van der Waals surface area contributed by atoms with Crippen LogP contribution in [0.4, 0.5) is 13.2 Å². The van der Waals surface area contributed by atoms with Gasteiger partial charge in [0, 0.05) is 11.4 Å². The predicted octanol–water partition coefficient (Wildman–Crippen LogP) is 4.31. The van der Waals surface area contributed by atoms with Gasteiger partial charge in [0.1, 0.15) is 5.76 Å². The fourth-order valence-corrected chi connectivity index (χ4v) is 2.74. The Bertz CT molecular complexity index is 552. The highest BCUT2D eigenvalue weighted by molar-refractivity contribution is 7.98. The van der Waals surface area contributed by atoms with Crippen molar-refractivity contribution in [3.05, 3.63) is 53.5 Å². The van der Waals surface area contributed by atoms with Gasteiger partial charge in [0.25, 0.3) is 0 Å². The van der Waals surface area contributed by atoms with Crippen molar-refractivity contribution in [1.82, 2.24) is 5.32 Å². The molecule has 0 unspecified atom stereocenters. The second-order valence-corrected chi connectivity index (χ2v) is 5.24. The van der Waals surface area contributed by atoms with Crippen LogP contribution in [-0.2, 0) is 18.5 Å². The molecule has 2 nitrogen and oxygen atoms in total. The summed E-state index contributed by atoms with van der Waals surface area (Å²) in [4.78, 5) is 0.216. The average Bonchev–Trinajstić information content (AvgIpc) is 2.89. The first-order chi connectivity index (χ1) is 9.50. The Hall–Kier alpha value is -1.40. The Morgan fingerprint density at radius 3 is 2.65 bits per heavy atom. The molecule has 0 bridgehead atoms. The Balaban J connectivity index is 2.22. The van der Waals surface area contributed by atoms with Gasteiger partial charge < -0.3 is 9.73 Å². The number of benzene rings is 1. The molecule has 2 aromatic rings. The lowest BCUT2D eigenvalue weighted by molar-refractivity contribution is -0.139. The largest absolute Gasteiger partial charge is 0.468 e. The van der Waals surface area contributed by atoms with Gasteiger partial charge in [0.2, 0.25) is 0 Å². The number of alkyl halides is 3. The number of nitrogens with one attached hydrogen (secondary N) is 1. The molecular weight excluding hydrogens is 287 g/mol. The molecule has 0 aliphatic carbocycles. The van der Waals surface area contributed by atoms with Crippen LogP contribution in [-0.4, -0.2) is 7.05 Å². The number of rotatable bonds is 5. The zero-order chi connectivity index (χ0) is 14.6. The molecule has 108 valence electrons. The molecule has 1 aromatic carbocycles. The number of halogens is 3. The van der Waals surface area contributed by atoms with Crippen LogP contribution in [0.15, 0.2) is 45.9 Å². The lowest BCUT2D eigenvalue weighted by atomic mass is 10.1. The molecule has 2 rings (SSSR count). The highest BCUT2D eigenvalue weighted by Crippen LogP contribution is 2.38. The summed E-state index contributed by atoms with van der Waals surface area (Å²) in [6.45, 7) is 0.409. The van der Waals surface area contributed by atoms with Gasteiger partial charge in [-0.25, -0.2) is 0 Å². The maximum Gasteiger partial charge on any atom is 0.417 e.